The fourth-order valence-corrected chi connectivity index (χ4v) is 4.60. The molecular formula is C26H21NO6S. The molecule has 0 heterocycles. The van der Waals surface area contributed by atoms with Gasteiger partial charge in [-0.15, -0.1) is 0 Å². The van der Waals surface area contributed by atoms with E-state index in [1.54, 1.807) is 60.7 Å². The smallest absolute Gasteiger partial charge is 0.261 e. The molecule has 34 heavy (non-hydrogen) atoms. The van der Waals surface area contributed by atoms with Gasteiger partial charge in [-0.1, -0.05) is 66.7 Å². The number of anilines is 1. The van der Waals surface area contributed by atoms with Crippen LogP contribution in [0.2, 0.25) is 0 Å². The Morgan fingerprint density at radius 1 is 0.765 bits per heavy atom. The number of Topliss-reactive ketones (excluding diaryl/α,β-unsaturated/α-hetero) is 1. The SMILES string of the molecule is O=C(c1ccccc1)C(O)c1ccc(NS(=O)(=O)c2cccc(-c3ccccc3O)c2)cc1O. The molecule has 0 aromatic heterocycles. The molecule has 0 fully saturated rings. The number of aliphatic hydroxyl groups is 1. The van der Waals surface area contributed by atoms with Gasteiger partial charge in [-0.25, -0.2) is 8.42 Å². The zero-order valence-electron chi connectivity index (χ0n) is 17.8. The van der Waals surface area contributed by atoms with Gasteiger partial charge in [-0.3, -0.25) is 9.52 Å². The van der Waals surface area contributed by atoms with Crippen LogP contribution in [0.3, 0.4) is 0 Å². The first-order valence-electron chi connectivity index (χ1n) is 10.3. The molecule has 0 aliphatic carbocycles. The summed E-state index contributed by atoms with van der Waals surface area (Å²) in [6.45, 7) is 0. The van der Waals surface area contributed by atoms with Crippen molar-refractivity contribution in [1.29, 1.82) is 0 Å². The number of aliphatic hydroxyl groups excluding tert-OH is 1. The molecule has 4 aromatic carbocycles. The van der Waals surface area contributed by atoms with E-state index < -0.39 is 27.7 Å². The van der Waals surface area contributed by atoms with Gasteiger partial charge in [0, 0.05) is 22.8 Å². The standard InChI is InChI=1S/C26H21NO6S/c28-23-12-5-4-11-21(23)18-9-6-10-20(15-18)34(32,33)27-19-13-14-22(24(29)16-19)26(31)25(30)17-7-2-1-3-8-17/h1-16,26-29,31H. The third-order valence-electron chi connectivity index (χ3n) is 5.24. The Morgan fingerprint density at radius 3 is 2.18 bits per heavy atom. The highest BCUT2D eigenvalue weighted by Gasteiger charge is 2.23. The van der Waals surface area contributed by atoms with E-state index in [2.05, 4.69) is 4.72 Å². The molecule has 8 heteroatoms. The molecule has 0 saturated heterocycles. The monoisotopic (exact) mass is 475 g/mol. The minimum absolute atomic E-state index is 0.0223. The van der Waals surface area contributed by atoms with Crippen LogP contribution < -0.4 is 4.72 Å². The number of carbonyl (C=O) groups is 1. The van der Waals surface area contributed by atoms with Crippen molar-refractivity contribution >= 4 is 21.5 Å². The Kier molecular flexibility index (Phi) is 6.36. The minimum Gasteiger partial charge on any atom is -0.507 e. The van der Waals surface area contributed by atoms with Gasteiger partial charge in [0.25, 0.3) is 10.0 Å². The van der Waals surface area contributed by atoms with Gasteiger partial charge in [0.05, 0.1) is 10.6 Å². The highest BCUT2D eigenvalue weighted by molar-refractivity contribution is 7.92. The molecule has 0 aliphatic rings. The predicted molar refractivity (Wildman–Crippen MR) is 128 cm³/mol. The second kappa shape index (κ2) is 9.38. The van der Waals surface area contributed by atoms with Crippen molar-refractivity contribution in [2.45, 2.75) is 11.0 Å². The van der Waals surface area contributed by atoms with Crippen molar-refractivity contribution in [3.8, 4) is 22.6 Å². The minimum atomic E-state index is -4.04. The van der Waals surface area contributed by atoms with Crippen LogP contribution in [-0.4, -0.2) is 29.5 Å². The summed E-state index contributed by atoms with van der Waals surface area (Å²) in [5, 5.41) is 30.9. The third-order valence-corrected chi connectivity index (χ3v) is 6.62. The van der Waals surface area contributed by atoms with Crippen LogP contribution in [0.5, 0.6) is 11.5 Å². The zero-order chi connectivity index (χ0) is 24.3. The molecule has 0 radical (unpaired) electrons. The summed E-state index contributed by atoms with van der Waals surface area (Å²) in [5.74, 6) is -1.00. The number of ketones is 1. The Hall–Kier alpha value is -4.14. The molecule has 1 unspecified atom stereocenters. The fourth-order valence-electron chi connectivity index (χ4n) is 3.50. The lowest BCUT2D eigenvalue weighted by atomic mass is 9.99. The maximum atomic E-state index is 12.9. The van der Waals surface area contributed by atoms with E-state index in [-0.39, 0.29) is 27.5 Å². The van der Waals surface area contributed by atoms with E-state index in [0.717, 1.165) is 6.07 Å². The average Bonchev–Trinajstić information content (AvgIpc) is 2.84. The Bertz CT molecular complexity index is 1450. The van der Waals surface area contributed by atoms with Crippen molar-refractivity contribution < 1.29 is 28.5 Å². The zero-order valence-corrected chi connectivity index (χ0v) is 18.6. The van der Waals surface area contributed by atoms with Gasteiger partial charge < -0.3 is 15.3 Å². The lowest BCUT2D eigenvalue weighted by Crippen LogP contribution is -2.14. The number of para-hydroxylation sites is 1. The Morgan fingerprint density at radius 2 is 1.47 bits per heavy atom. The molecule has 1 atom stereocenters. The third kappa shape index (κ3) is 4.78. The first-order chi connectivity index (χ1) is 16.3. The number of benzene rings is 4. The molecule has 7 nitrogen and oxygen atoms in total. The summed E-state index contributed by atoms with van der Waals surface area (Å²) in [6, 6.07) is 24.6. The average molecular weight is 476 g/mol. The normalized spacial score (nSPS) is 12.1. The first kappa shape index (κ1) is 23.0. The van der Waals surface area contributed by atoms with Crippen LogP contribution in [-0.2, 0) is 10.0 Å². The number of phenols is 2. The molecule has 0 bridgehead atoms. The molecular weight excluding hydrogens is 454 g/mol. The summed E-state index contributed by atoms with van der Waals surface area (Å²) in [4.78, 5) is 12.4. The van der Waals surface area contributed by atoms with E-state index in [1.807, 2.05) is 0 Å². The molecule has 0 spiro atoms. The summed E-state index contributed by atoms with van der Waals surface area (Å²) in [5.41, 5.74) is 1.29. The quantitative estimate of drug-likeness (QED) is 0.292. The maximum absolute atomic E-state index is 12.9. The lowest BCUT2D eigenvalue weighted by Gasteiger charge is -2.14. The van der Waals surface area contributed by atoms with Gasteiger partial charge in [-0.2, -0.15) is 0 Å². The van der Waals surface area contributed by atoms with Crippen LogP contribution in [0.1, 0.15) is 22.0 Å². The molecule has 4 N–H and O–H groups in total. The van der Waals surface area contributed by atoms with E-state index in [9.17, 15) is 28.5 Å². The van der Waals surface area contributed by atoms with E-state index >= 15 is 0 Å². The van der Waals surface area contributed by atoms with E-state index in [4.69, 9.17) is 0 Å². The molecule has 172 valence electrons. The molecule has 0 aliphatic heterocycles. The van der Waals surface area contributed by atoms with Gasteiger partial charge >= 0.3 is 0 Å². The highest BCUT2D eigenvalue weighted by atomic mass is 32.2. The number of carbonyl (C=O) groups excluding carboxylic acids is 1. The highest BCUT2D eigenvalue weighted by Crippen LogP contribution is 2.32. The Labute approximate surface area is 196 Å². The number of rotatable bonds is 7. The number of hydrogen-bond donors (Lipinski definition) is 4. The lowest BCUT2D eigenvalue weighted by molar-refractivity contribution is 0.0742. The van der Waals surface area contributed by atoms with Crippen LogP contribution >= 0.6 is 0 Å². The Balaban J connectivity index is 1.57. The van der Waals surface area contributed by atoms with Gasteiger partial charge in [-0.05, 0) is 29.8 Å². The van der Waals surface area contributed by atoms with Crippen LogP contribution in [0.15, 0.2) is 102 Å². The topological polar surface area (TPSA) is 124 Å². The van der Waals surface area contributed by atoms with Gasteiger partial charge in [0.2, 0.25) is 0 Å². The summed E-state index contributed by atoms with van der Waals surface area (Å²) < 4.78 is 28.2. The van der Waals surface area contributed by atoms with E-state index in [0.29, 0.717) is 11.1 Å². The van der Waals surface area contributed by atoms with Crippen molar-refractivity contribution in [2.75, 3.05) is 4.72 Å². The number of hydrogen-bond acceptors (Lipinski definition) is 6. The molecule has 4 rings (SSSR count). The van der Waals surface area contributed by atoms with Crippen molar-refractivity contribution in [1.82, 2.24) is 0 Å². The number of aromatic hydroxyl groups is 2. The van der Waals surface area contributed by atoms with Crippen molar-refractivity contribution in [3.05, 3.63) is 108 Å². The fraction of sp³-hybridized carbons (Fsp3) is 0.0385. The second-order valence-electron chi connectivity index (χ2n) is 7.56. The van der Waals surface area contributed by atoms with Gasteiger partial charge in [0.15, 0.2) is 5.78 Å². The van der Waals surface area contributed by atoms with Crippen LogP contribution in [0.4, 0.5) is 5.69 Å². The maximum Gasteiger partial charge on any atom is 0.261 e. The molecule has 4 aromatic rings. The summed E-state index contributed by atoms with van der Waals surface area (Å²) >= 11 is 0. The van der Waals surface area contributed by atoms with Crippen molar-refractivity contribution in [2.24, 2.45) is 0 Å². The van der Waals surface area contributed by atoms with Crippen molar-refractivity contribution in [3.63, 3.8) is 0 Å². The predicted octanol–water partition coefficient (Wildman–Crippen LogP) is 4.48. The summed E-state index contributed by atoms with van der Waals surface area (Å²) in [7, 11) is -4.04. The van der Waals surface area contributed by atoms with E-state index in [1.165, 1.54) is 30.3 Å². The van der Waals surface area contributed by atoms with Crippen LogP contribution in [0.25, 0.3) is 11.1 Å². The van der Waals surface area contributed by atoms with Gasteiger partial charge in [0.1, 0.15) is 17.6 Å². The first-order valence-corrected chi connectivity index (χ1v) is 11.8. The summed E-state index contributed by atoms with van der Waals surface area (Å²) in [6.07, 6.45) is -1.61. The van der Waals surface area contributed by atoms with Crippen LogP contribution in [0, 0.1) is 0 Å². The number of nitrogens with one attached hydrogen (secondary N) is 1. The second-order valence-corrected chi connectivity index (χ2v) is 9.24. The number of phenolic OH excluding ortho intramolecular Hbond substituents is 2. The molecule has 0 amide bonds. The largest absolute Gasteiger partial charge is 0.507 e. The molecule has 0 saturated carbocycles. The number of sulfonamides is 1.